The fourth-order valence-corrected chi connectivity index (χ4v) is 4.45. The molecule has 0 aliphatic heterocycles. The Morgan fingerprint density at radius 3 is 2.56 bits per heavy atom. The number of hydrogen-bond donors (Lipinski definition) is 1. The molecule has 128 valence electrons. The van der Waals surface area contributed by atoms with Crippen LogP contribution in [0.15, 0.2) is 42.2 Å². The summed E-state index contributed by atoms with van der Waals surface area (Å²) in [6, 6.07) is 11.2. The van der Waals surface area contributed by atoms with Crippen LogP contribution < -0.4 is 0 Å². The molecular weight excluding hydrogens is 355 g/mol. The molecule has 2 aromatic rings. The van der Waals surface area contributed by atoms with Crippen molar-refractivity contribution in [3.63, 3.8) is 0 Å². The first-order valence-corrected chi connectivity index (χ1v) is 9.25. The van der Waals surface area contributed by atoms with Gasteiger partial charge >= 0.3 is 0 Å². The number of rotatable bonds is 2. The van der Waals surface area contributed by atoms with Gasteiger partial charge in [0.1, 0.15) is 5.76 Å². The highest BCUT2D eigenvalue weighted by Gasteiger charge is 2.41. The van der Waals surface area contributed by atoms with Crippen LogP contribution >= 0.6 is 23.2 Å². The molecule has 0 saturated heterocycles. The molecule has 0 radical (unpaired) electrons. The van der Waals surface area contributed by atoms with E-state index < -0.39 is 0 Å². The maximum absolute atomic E-state index is 12.9. The lowest BCUT2D eigenvalue weighted by Crippen LogP contribution is -2.21. The second kappa shape index (κ2) is 6.19. The van der Waals surface area contributed by atoms with E-state index in [1.807, 2.05) is 31.2 Å². The number of allylic oxidation sites excluding steroid dienone is 2. The summed E-state index contributed by atoms with van der Waals surface area (Å²) in [5.41, 5.74) is 3.97. The minimum atomic E-state index is 0.0497. The van der Waals surface area contributed by atoms with Crippen molar-refractivity contribution in [2.24, 2.45) is 11.8 Å². The van der Waals surface area contributed by atoms with Crippen LogP contribution in [0.3, 0.4) is 0 Å². The fourth-order valence-electron chi connectivity index (χ4n) is 4.05. The average molecular weight is 373 g/mol. The molecule has 0 heterocycles. The van der Waals surface area contributed by atoms with Crippen LogP contribution in [0, 0.1) is 18.8 Å². The fraction of sp³-hybridized carbons (Fsp3) is 0.286. The Kier molecular flexibility index (Phi) is 4.13. The zero-order chi connectivity index (χ0) is 17.7. The molecule has 4 rings (SSSR count). The van der Waals surface area contributed by atoms with E-state index in [4.69, 9.17) is 23.2 Å². The van der Waals surface area contributed by atoms with Gasteiger partial charge in [-0.05, 0) is 67.1 Å². The van der Waals surface area contributed by atoms with Crippen LogP contribution in [0.1, 0.15) is 30.4 Å². The van der Waals surface area contributed by atoms with Crippen LogP contribution in [0.5, 0.6) is 0 Å². The Morgan fingerprint density at radius 2 is 1.76 bits per heavy atom. The monoisotopic (exact) mass is 372 g/mol. The van der Waals surface area contributed by atoms with Crippen LogP contribution in [-0.4, -0.2) is 10.9 Å². The minimum absolute atomic E-state index is 0.0497. The van der Waals surface area contributed by atoms with Crippen molar-refractivity contribution in [1.29, 1.82) is 0 Å². The lowest BCUT2D eigenvalue weighted by atomic mass is 9.81. The summed E-state index contributed by atoms with van der Waals surface area (Å²) in [6.07, 6.45) is 2.55. The zero-order valence-corrected chi connectivity index (χ0v) is 15.4. The van der Waals surface area contributed by atoms with E-state index in [9.17, 15) is 9.90 Å². The number of aliphatic hydroxyl groups excluding tert-OH is 1. The molecule has 2 aliphatic carbocycles. The van der Waals surface area contributed by atoms with E-state index >= 15 is 0 Å². The molecule has 0 spiro atoms. The largest absolute Gasteiger partial charge is 0.511 e. The summed E-state index contributed by atoms with van der Waals surface area (Å²) in [6.45, 7) is 1.96. The SMILES string of the molecule is Cc1ccc(-c2cc(Cl)ccc2Cl)cc1C1=C(O)[C@H]2CC[C@H](C2)C1=O. The number of Topliss-reactive ketones (excluding diaryl/α,β-unsaturated/α-hetero) is 1. The summed E-state index contributed by atoms with van der Waals surface area (Å²) in [4.78, 5) is 12.9. The van der Waals surface area contributed by atoms with E-state index in [0.717, 1.165) is 41.5 Å². The summed E-state index contributed by atoms with van der Waals surface area (Å²) < 4.78 is 0. The van der Waals surface area contributed by atoms with Gasteiger partial charge in [-0.2, -0.15) is 0 Å². The lowest BCUT2D eigenvalue weighted by Gasteiger charge is -2.23. The predicted octanol–water partition coefficient (Wildman–Crippen LogP) is 6.24. The summed E-state index contributed by atoms with van der Waals surface area (Å²) in [7, 11) is 0. The molecule has 1 fully saturated rings. The number of aliphatic hydroxyl groups is 1. The van der Waals surface area contributed by atoms with E-state index in [0.29, 0.717) is 15.6 Å². The number of ketones is 1. The Balaban J connectivity index is 1.88. The first-order valence-electron chi connectivity index (χ1n) is 8.49. The lowest BCUT2D eigenvalue weighted by molar-refractivity contribution is -0.117. The summed E-state index contributed by atoms with van der Waals surface area (Å²) >= 11 is 12.5. The van der Waals surface area contributed by atoms with Crippen LogP contribution in [0.4, 0.5) is 0 Å². The van der Waals surface area contributed by atoms with Crippen molar-refractivity contribution >= 4 is 34.6 Å². The molecule has 2 aromatic carbocycles. The second-order valence-electron chi connectivity index (χ2n) is 6.99. The van der Waals surface area contributed by atoms with Crippen molar-refractivity contribution in [1.82, 2.24) is 0 Å². The highest BCUT2D eigenvalue weighted by atomic mass is 35.5. The van der Waals surface area contributed by atoms with Gasteiger partial charge in [0.05, 0.1) is 5.57 Å². The minimum Gasteiger partial charge on any atom is -0.511 e. The number of fused-ring (bicyclic) bond motifs is 2. The van der Waals surface area contributed by atoms with Gasteiger partial charge in [-0.15, -0.1) is 0 Å². The Bertz CT molecular complexity index is 914. The van der Waals surface area contributed by atoms with Gasteiger partial charge in [0.2, 0.25) is 0 Å². The van der Waals surface area contributed by atoms with Crippen LogP contribution in [-0.2, 0) is 4.79 Å². The molecule has 0 unspecified atom stereocenters. The average Bonchev–Trinajstić information content (AvgIpc) is 3.04. The van der Waals surface area contributed by atoms with E-state index in [-0.39, 0.29) is 23.4 Å². The highest BCUT2D eigenvalue weighted by molar-refractivity contribution is 6.35. The molecule has 0 aromatic heterocycles. The maximum atomic E-state index is 12.9. The number of benzene rings is 2. The van der Waals surface area contributed by atoms with E-state index in [1.54, 1.807) is 12.1 Å². The quantitative estimate of drug-likeness (QED) is 0.677. The van der Waals surface area contributed by atoms with Crippen molar-refractivity contribution in [3.05, 3.63) is 63.3 Å². The zero-order valence-electron chi connectivity index (χ0n) is 13.9. The topological polar surface area (TPSA) is 37.3 Å². The Labute approximate surface area is 157 Å². The van der Waals surface area contributed by atoms with Gasteiger partial charge in [-0.3, -0.25) is 4.79 Å². The molecule has 0 amide bonds. The van der Waals surface area contributed by atoms with Gasteiger partial charge in [0.15, 0.2) is 5.78 Å². The van der Waals surface area contributed by atoms with Gasteiger partial charge in [0.25, 0.3) is 0 Å². The summed E-state index contributed by atoms with van der Waals surface area (Å²) in [5.74, 6) is 0.504. The number of carbonyl (C=O) groups excluding carboxylic acids is 1. The number of aryl methyl sites for hydroxylation is 1. The van der Waals surface area contributed by atoms with Crippen molar-refractivity contribution in [2.45, 2.75) is 26.2 Å². The smallest absolute Gasteiger partial charge is 0.169 e. The Morgan fingerprint density at radius 1 is 1.00 bits per heavy atom. The first kappa shape index (κ1) is 16.7. The van der Waals surface area contributed by atoms with Crippen molar-refractivity contribution < 1.29 is 9.90 Å². The molecule has 2 aliphatic rings. The van der Waals surface area contributed by atoms with Crippen molar-refractivity contribution in [2.75, 3.05) is 0 Å². The van der Waals surface area contributed by atoms with Gasteiger partial charge in [0, 0.05) is 27.4 Å². The molecule has 1 N–H and O–H groups in total. The van der Waals surface area contributed by atoms with E-state index in [1.165, 1.54) is 0 Å². The predicted molar refractivity (Wildman–Crippen MR) is 102 cm³/mol. The number of carbonyl (C=O) groups is 1. The molecule has 2 atom stereocenters. The molecule has 2 nitrogen and oxygen atoms in total. The molecule has 4 heteroatoms. The van der Waals surface area contributed by atoms with Gasteiger partial charge < -0.3 is 5.11 Å². The van der Waals surface area contributed by atoms with Crippen molar-refractivity contribution in [3.8, 4) is 11.1 Å². The van der Waals surface area contributed by atoms with Gasteiger partial charge in [-0.25, -0.2) is 0 Å². The first-order chi connectivity index (χ1) is 12.0. The molecular formula is C21H18Cl2O2. The Hall–Kier alpha value is -1.77. The van der Waals surface area contributed by atoms with Crippen LogP contribution in [0.25, 0.3) is 16.7 Å². The number of halogens is 2. The molecule has 25 heavy (non-hydrogen) atoms. The van der Waals surface area contributed by atoms with Crippen LogP contribution in [0.2, 0.25) is 10.0 Å². The second-order valence-corrected chi connectivity index (χ2v) is 7.83. The highest BCUT2D eigenvalue weighted by Crippen LogP contribution is 2.46. The third kappa shape index (κ3) is 2.78. The molecule has 2 bridgehead atoms. The third-order valence-corrected chi connectivity index (χ3v) is 6.00. The normalized spacial score (nSPS) is 22.6. The van der Waals surface area contributed by atoms with Gasteiger partial charge in [-0.1, -0.05) is 35.3 Å². The summed E-state index contributed by atoms with van der Waals surface area (Å²) in [5, 5.41) is 11.9. The standard InChI is InChI=1S/C21H18Cl2O2/c1-11-2-3-12(17-10-15(22)6-7-18(17)23)9-16(11)19-20(24)13-4-5-14(8-13)21(19)25/h2-3,6-7,9-10,13-14,24H,4-5,8H2,1H3/t13-,14+/m0/s1. The third-order valence-electron chi connectivity index (χ3n) is 5.44. The van der Waals surface area contributed by atoms with E-state index in [2.05, 4.69) is 0 Å². The number of hydrogen-bond acceptors (Lipinski definition) is 2. The maximum Gasteiger partial charge on any atom is 0.169 e. The molecule has 1 saturated carbocycles.